The highest BCUT2D eigenvalue weighted by molar-refractivity contribution is 5.88. The van der Waals surface area contributed by atoms with Crippen molar-refractivity contribution in [1.29, 1.82) is 0 Å². The summed E-state index contributed by atoms with van der Waals surface area (Å²) in [5.41, 5.74) is -3.05. The lowest BCUT2D eigenvalue weighted by atomic mass is 9.83. The van der Waals surface area contributed by atoms with Crippen LogP contribution >= 0.6 is 0 Å². The third-order valence-electron chi connectivity index (χ3n) is 3.17. The van der Waals surface area contributed by atoms with E-state index >= 15 is 0 Å². The smallest absolute Gasteiger partial charge is 0.337 e. The van der Waals surface area contributed by atoms with Crippen LogP contribution in [0.2, 0.25) is 0 Å². The number of carbonyl (C=O) groups excluding carboxylic acids is 1. The molecule has 0 heterocycles. The number of hydrogen-bond donors (Lipinski definition) is 3. The van der Waals surface area contributed by atoms with Crippen LogP contribution in [0.5, 0.6) is 0 Å². The molecule has 0 saturated heterocycles. The van der Waals surface area contributed by atoms with Gasteiger partial charge in [-0.05, 0) is 26.8 Å². The molecule has 0 aliphatic heterocycles. The fourth-order valence-electron chi connectivity index (χ4n) is 1.64. The van der Waals surface area contributed by atoms with Crippen molar-refractivity contribution < 1.29 is 24.2 Å². The number of aliphatic hydroxyl groups is 1. The van der Waals surface area contributed by atoms with E-state index in [0.717, 1.165) is 6.92 Å². The minimum atomic E-state index is -2.07. The monoisotopic (exact) mass is 283 g/mol. The van der Waals surface area contributed by atoms with Gasteiger partial charge in [0.05, 0.1) is 12.0 Å². The van der Waals surface area contributed by atoms with Gasteiger partial charge in [0, 0.05) is 5.56 Å². The maximum Gasteiger partial charge on any atom is 0.337 e. The molecule has 1 amide bonds. The van der Waals surface area contributed by atoms with Gasteiger partial charge in [-0.25, -0.2) is 9.18 Å². The van der Waals surface area contributed by atoms with Crippen molar-refractivity contribution in [2.45, 2.75) is 31.8 Å². The van der Waals surface area contributed by atoms with Crippen molar-refractivity contribution in [3.05, 3.63) is 35.6 Å². The zero-order valence-electron chi connectivity index (χ0n) is 11.6. The molecule has 0 aliphatic rings. The van der Waals surface area contributed by atoms with E-state index in [1.165, 1.54) is 32.0 Å². The molecule has 5 nitrogen and oxygen atoms in total. The first-order valence-corrected chi connectivity index (χ1v) is 6.08. The van der Waals surface area contributed by atoms with Crippen LogP contribution in [0.4, 0.5) is 4.39 Å². The summed E-state index contributed by atoms with van der Waals surface area (Å²) in [7, 11) is 0. The van der Waals surface area contributed by atoms with Gasteiger partial charge in [0.2, 0.25) is 5.91 Å². The normalized spacial score (nSPS) is 14.4. The molecule has 1 rings (SSSR count). The predicted molar refractivity (Wildman–Crippen MR) is 70.7 cm³/mol. The number of hydrogen-bond acceptors (Lipinski definition) is 3. The topological polar surface area (TPSA) is 86.6 Å². The highest BCUT2D eigenvalue weighted by atomic mass is 19.1. The molecular weight excluding hydrogens is 265 g/mol. The lowest BCUT2D eigenvalue weighted by Gasteiger charge is -2.27. The average Bonchev–Trinajstić information content (AvgIpc) is 2.36. The summed E-state index contributed by atoms with van der Waals surface area (Å²) < 4.78 is 13.7. The second kappa shape index (κ2) is 5.58. The molecule has 3 N–H and O–H groups in total. The van der Waals surface area contributed by atoms with Crippen LogP contribution in [-0.4, -0.2) is 34.2 Å². The first-order valence-electron chi connectivity index (χ1n) is 6.08. The summed E-state index contributed by atoms with van der Waals surface area (Å²) in [5, 5.41) is 20.6. The first-order chi connectivity index (χ1) is 9.09. The van der Waals surface area contributed by atoms with Crippen LogP contribution in [0.25, 0.3) is 0 Å². The summed E-state index contributed by atoms with van der Waals surface area (Å²) in [4.78, 5) is 22.9. The maximum absolute atomic E-state index is 13.7. The quantitative estimate of drug-likeness (QED) is 0.754. The fraction of sp³-hybridized carbons (Fsp3) is 0.429. The van der Waals surface area contributed by atoms with E-state index in [1.54, 1.807) is 6.07 Å². The number of nitrogens with one attached hydrogen (secondary N) is 1. The zero-order valence-corrected chi connectivity index (χ0v) is 11.6. The summed E-state index contributed by atoms with van der Waals surface area (Å²) in [6, 6.07) is 5.87. The summed E-state index contributed by atoms with van der Waals surface area (Å²) in [6.07, 6.45) is 0. The van der Waals surface area contributed by atoms with E-state index < -0.39 is 35.3 Å². The van der Waals surface area contributed by atoms with Crippen molar-refractivity contribution in [3.63, 3.8) is 0 Å². The Kier molecular flexibility index (Phi) is 4.50. The molecule has 0 saturated carbocycles. The number of aliphatic carboxylic acids is 1. The van der Waals surface area contributed by atoms with Crippen molar-refractivity contribution in [2.24, 2.45) is 0 Å². The molecule has 0 aliphatic carbocycles. The Balaban J connectivity index is 2.87. The number of carboxylic acid groups (broad SMARTS) is 1. The maximum atomic E-state index is 13.7. The van der Waals surface area contributed by atoms with Crippen molar-refractivity contribution in [3.8, 4) is 0 Å². The fourth-order valence-corrected chi connectivity index (χ4v) is 1.64. The second-order valence-corrected chi connectivity index (χ2v) is 5.37. The van der Waals surface area contributed by atoms with Crippen LogP contribution in [-0.2, 0) is 15.0 Å². The van der Waals surface area contributed by atoms with Crippen LogP contribution in [0.1, 0.15) is 26.3 Å². The Labute approximate surface area is 116 Å². The number of benzene rings is 1. The van der Waals surface area contributed by atoms with E-state index in [2.05, 4.69) is 5.32 Å². The van der Waals surface area contributed by atoms with E-state index in [-0.39, 0.29) is 5.56 Å². The van der Waals surface area contributed by atoms with E-state index in [9.17, 15) is 19.1 Å². The van der Waals surface area contributed by atoms with Gasteiger partial charge in [0.25, 0.3) is 0 Å². The lowest BCUT2D eigenvalue weighted by Crippen LogP contribution is -2.50. The molecule has 0 aromatic heterocycles. The van der Waals surface area contributed by atoms with Gasteiger partial charge >= 0.3 is 5.97 Å². The van der Waals surface area contributed by atoms with Crippen LogP contribution < -0.4 is 5.32 Å². The minimum Gasteiger partial charge on any atom is -0.479 e. The average molecular weight is 283 g/mol. The van der Waals surface area contributed by atoms with Gasteiger partial charge < -0.3 is 15.5 Å². The van der Waals surface area contributed by atoms with Crippen LogP contribution in [0, 0.1) is 5.82 Å². The van der Waals surface area contributed by atoms with E-state index in [0.29, 0.717) is 0 Å². The Hall–Kier alpha value is -1.95. The molecule has 1 aromatic rings. The summed E-state index contributed by atoms with van der Waals surface area (Å²) in [5.74, 6) is -2.52. The number of amides is 1. The highest BCUT2D eigenvalue weighted by Gasteiger charge is 2.35. The third-order valence-corrected chi connectivity index (χ3v) is 3.17. The number of rotatable bonds is 5. The van der Waals surface area contributed by atoms with Gasteiger partial charge in [-0.15, -0.1) is 0 Å². The molecule has 0 bridgehead atoms. The van der Waals surface area contributed by atoms with Gasteiger partial charge in [0.1, 0.15) is 5.82 Å². The van der Waals surface area contributed by atoms with Crippen molar-refractivity contribution in [1.82, 2.24) is 5.32 Å². The Morgan fingerprint density at radius 1 is 1.25 bits per heavy atom. The first kappa shape index (κ1) is 16.1. The van der Waals surface area contributed by atoms with E-state index in [1.807, 2.05) is 0 Å². The molecule has 20 heavy (non-hydrogen) atoms. The molecule has 1 atom stereocenters. The molecule has 0 spiro atoms. The predicted octanol–water partition coefficient (Wildman–Crippen LogP) is 1.06. The standard InChI is InChI=1S/C14H18FNO4/c1-13(2,9-6-4-5-7-10(9)15)11(17)16-8-14(3,20)12(18)19/h4-7,20H,8H2,1-3H3,(H,16,17)(H,18,19). The SMILES string of the molecule is CC(O)(CNC(=O)C(C)(C)c1ccccc1F)C(=O)O. The molecule has 1 aromatic carbocycles. The largest absolute Gasteiger partial charge is 0.479 e. The summed E-state index contributed by atoms with van der Waals surface area (Å²) >= 11 is 0. The lowest BCUT2D eigenvalue weighted by molar-refractivity contribution is -0.156. The number of carbonyl (C=O) groups is 2. The van der Waals surface area contributed by atoms with Crippen molar-refractivity contribution in [2.75, 3.05) is 6.54 Å². The van der Waals surface area contributed by atoms with E-state index in [4.69, 9.17) is 5.11 Å². The number of halogens is 1. The van der Waals surface area contributed by atoms with Gasteiger partial charge in [-0.2, -0.15) is 0 Å². The highest BCUT2D eigenvalue weighted by Crippen LogP contribution is 2.25. The number of carboxylic acids is 1. The molecule has 0 fully saturated rings. The van der Waals surface area contributed by atoms with Crippen LogP contribution in [0.3, 0.4) is 0 Å². The Morgan fingerprint density at radius 3 is 2.30 bits per heavy atom. The van der Waals surface area contributed by atoms with Gasteiger partial charge in [-0.1, -0.05) is 18.2 Å². The molecule has 6 heteroatoms. The summed E-state index contributed by atoms with van der Waals surface area (Å²) in [6.45, 7) is 3.66. The zero-order chi connectivity index (χ0) is 15.6. The minimum absolute atomic E-state index is 0.201. The third kappa shape index (κ3) is 3.33. The molecule has 110 valence electrons. The Morgan fingerprint density at radius 2 is 1.80 bits per heavy atom. The second-order valence-electron chi connectivity index (χ2n) is 5.37. The molecule has 0 radical (unpaired) electrons. The van der Waals surface area contributed by atoms with Gasteiger partial charge in [0.15, 0.2) is 5.60 Å². The molecular formula is C14H18FNO4. The van der Waals surface area contributed by atoms with Crippen molar-refractivity contribution >= 4 is 11.9 Å². The van der Waals surface area contributed by atoms with Gasteiger partial charge in [-0.3, -0.25) is 4.79 Å². The Bertz CT molecular complexity index is 526. The molecule has 1 unspecified atom stereocenters. The van der Waals surface area contributed by atoms with Crippen LogP contribution in [0.15, 0.2) is 24.3 Å².